The second-order valence-electron chi connectivity index (χ2n) is 7.33. The number of likely N-dealkylation sites (tertiary alicyclic amines) is 1. The summed E-state index contributed by atoms with van der Waals surface area (Å²) < 4.78 is 5.21. The van der Waals surface area contributed by atoms with Crippen molar-refractivity contribution in [3.8, 4) is 11.3 Å². The quantitative estimate of drug-likeness (QED) is 0.680. The molecule has 1 fully saturated rings. The molecule has 0 spiro atoms. The first-order chi connectivity index (χ1) is 13.6. The van der Waals surface area contributed by atoms with E-state index in [1.807, 2.05) is 37.1 Å². The van der Waals surface area contributed by atoms with E-state index in [0.29, 0.717) is 12.3 Å². The highest BCUT2D eigenvalue weighted by atomic mass is 16.5. The lowest BCUT2D eigenvalue weighted by molar-refractivity contribution is -0.129. The van der Waals surface area contributed by atoms with Crippen LogP contribution in [-0.2, 0) is 17.6 Å². The summed E-state index contributed by atoms with van der Waals surface area (Å²) in [4.78, 5) is 27.7. The third kappa shape index (κ3) is 3.93. The third-order valence-electron chi connectivity index (χ3n) is 5.21. The minimum Gasteiger partial charge on any atom is -0.361 e. The molecule has 4 heterocycles. The Balaban J connectivity index is 1.35. The number of carbonyl (C=O) groups is 1. The smallest absolute Gasteiger partial charge is 0.227 e. The normalized spacial score (nSPS) is 16.5. The Hall–Kier alpha value is -3.09. The summed E-state index contributed by atoms with van der Waals surface area (Å²) in [7, 11) is 0. The lowest BCUT2D eigenvalue weighted by atomic mass is 10.0. The van der Waals surface area contributed by atoms with Gasteiger partial charge in [0.1, 0.15) is 5.76 Å². The highest BCUT2D eigenvalue weighted by Crippen LogP contribution is 2.25. The van der Waals surface area contributed by atoms with Crippen LogP contribution < -0.4 is 0 Å². The van der Waals surface area contributed by atoms with Crippen molar-refractivity contribution >= 4 is 5.91 Å². The van der Waals surface area contributed by atoms with Crippen LogP contribution in [0.25, 0.3) is 11.3 Å². The van der Waals surface area contributed by atoms with Gasteiger partial charge >= 0.3 is 0 Å². The minimum atomic E-state index is 0.162. The van der Waals surface area contributed by atoms with Gasteiger partial charge in [-0.2, -0.15) is 0 Å². The fourth-order valence-corrected chi connectivity index (χ4v) is 3.75. The van der Waals surface area contributed by atoms with Crippen molar-refractivity contribution in [3.63, 3.8) is 0 Å². The summed E-state index contributed by atoms with van der Waals surface area (Å²) in [6, 6.07) is 3.80. The molecule has 3 aromatic rings. The van der Waals surface area contributed by atoms with Gasteiger partial charge < -0.3 is 9.42 Å². The van der Waals surface area contributed by atoms with Crippen molar-refractivity contribution in [2.75, 3.05) is 13.1 Å². The monoisotopic (exact) mass is 377 g/mol. The zero-order chi connectivity index (χ0) is 19.5. The van der Waals surface area contributed by atoms with Crippen LogP contribution in [0.4, 0.5) is 0 Å². The first-order valence-corrected chi connectivity index (χ1v) is 9.51. The molecule has 1 unspecified atom stereocenters. The van der Waals surface area contributed by atoms with Crippen LogP contribution in [0.1, 0.15) is 29.1 Å². The molecule has 1 amide bonds. The molecule has 1 saturated heterocycles. The maximum absolute atomic E-state index is 12.5. The SMILES string of the molecule is Cc1noc(C)c1-c1cnc(CC2CCN(C(=O)Cc3cccnc3)C2)cn1. The molecule has 0 radical (unpaired) electrons. The average Bonchev–Trinajstić information content (AvgIpc) is 3.30. The molecule has 0 aliphatic carbocycles. The molecule has 0 N–H and O–H groups in total. The van der Waals surface area contributed by atoms with Crippen LogP contribution >= 0.6 is 0 Å². The highest BCUT2D eigenvalue weighted by molar-refractivity contribution is 5.79. The number of aromatic nitrogens is 4. The van der Waals surface area contributed by atoms with Crippen LogP contribution in [0.15, 0.2) is 41.4 Å². The number of pyridine rings is 1. The second kappa shape index (κ2) is 7.88. The molecule has 1 aliphatic heterocycles. The zero-order valence-corrected chi connectivity index (χ0v) is 16.1. The summed E-state index contributed by atoms with van der Waals surface area (Å²) in [5.74, 6) is 1.32. The van der Waals surface area contributed by atoms with Crippen molar-refractivity contribution in [1.82, 2.24) is 25.0 Å². The Kier molecular flexibility index (Phi) is 5.14. The number of hydrogen-bond donors (Lipinski definition) is 0. The number of rotatable bonds is 5. The molecule has 1 aliphatic rings. The molecule has 28 heavy (non-hydrogen) atoms. The predicted octanol–water partition coefficient (Wildman–Crippen LogP) is 2.78. The van der Waals surface area contributed by atoms with Crippen molar-refractivity contribution < 1.29 is 9.32 Å². The van der Waals surface area contributed by atoms with Gasteiger partial charge in [-0.15, -0.1) is 0 Å². The van der Waals surface area contributed by atoms with Gasteiger partial charge in [0.25, 0.3) is 0 Å². The zero-order valence-electron chi connectivity index (χ0n) is 16.1. The maximum Gasteiger partial charge on any atom is 0.227 e. The van der Waals surface area contributed by atoms with Crippen molar-refractivity contribution in [1.29, 1.82) is 0 Å². The van der Waals surface area contributed by atoms with E-state index in [1.165, 1.54) is 0 Å². The van der Waals surface area contributed by atoms with Gasteiger partial charge in [0.2, 0.25) is 5.91 Å². The van der Waals surface area contributed by atoms with Crippen LogP contribution in [0.2, 0.25) is 0 Å². The van der Waals surface area contributed by atoms with Crippen molar-refractivity contribution in [2.24, 2.45) is 5.92 Å². The lowest BCUT2D eigenvalue weighted by Crippen LogP contribution is -2.30. The molecular weight excluding hydrogens is 354 g/mol. The molecule has 0 aromatic carbocycles. The average molecular weight is 377 g/mol. The Labute approximate surface area is 163 Å². The molecule has 4 rings (SSSR count). The Morgan fingerprint density at radius 1 is 1.25 bits per heavy atom. The Morgan fingerprint density at radius 3 is 2.82 bits per heavy atom. The van der Waals surface area contributed by atoms with Crippen LogP contribution in [0.3, 0.4) is 0 Å². The summed E-state index contributed by atoms with van der Waals surface area (Å²) in [5, 5.41) is 3.97. The van der Waals surface area contributed by atoms with Gasteiger partial charge in [-0.05, 0) is 44.2 Å². The van der Waals surface area contributed by atoms with Gasteiger partial charge in [0.15, 0.2) is 0 Å². The molecule has 7 nitrogen and oxygen atoms in total. The molecule has 7 heteroatoms. The van der Waals surface area contributed by atoms with E-state index in [4.69, 9.17) is 4.52 Å². The van der Waals surface area contributed by atoms with Gasteiger partial charge in [-0.3, -0.25) is 19.7 Å². The van der Waals surface area contributed by atoms with Crippen molar-refractivity contribution in [2.45, 2.75) is 33.1 Å². The van der Waals surface area contributed by atoms with Gasteiger partial charge in [0.05, 0.1) is 35.3 Å². The first-order valence-electron chi connectivity index (χ1n) is 9.51. The maximum atomic E-state index is 12.5. The molecule has 0 saturated carbocycles. The van der Waals surface area contributed by atoms with E-state index < -0.39 is 0 Å². The van der Waals surface area contributed by atoms with Gasteiger partial charge in [-0.1, -0.05) is 11.2 Å². The number of carbonyl (C=O) groups excluding carboxylic acids is 1. The minimum absolute atomic E-state index is 0.162. The second-order valence-corrected chi connectivity index (χ2v) is 7.33. The summed E-state index contributed by atoms with van der Waals surface area (Å²) in [6.45, 7) is 5.35. The predicted molar refractivity (Wildman–Crippen MR) is 103 cm³/mol. The molecule has 3 aromatic heterocycles. The van der Waals surface area contributed by atoms with Crippen LogP contribution in [-0.4, -0.2) is 44.0 Å². The number of aryl methyl sites for hydroxylation is 2. The summed E-state index contributed by atoms with van der Waals surface area (Å²) in [5.41, 5.74) is 4.41. The Bertz CT molecular complexity index is 933. The standard InChI is InChI=1S/C21H23N5O2/c1-14-21(15(2)28-25-14)19-12-23-18(11-24-19)8-17-5-7-26(13-17)20(27)9-16-4-3-6-22-10-16/h3-4,6,10-12,17H,5,7-9,13H2,1-2H3. The van der Waals surface area contributed by atoms with E-state index in [1.54, 1.807) is 18.6 Å². The first kappa shape index (κ1) is 18.3. The molecule has 144 valence electrons. The van der Waals surface area contributed by atoms with Crippen LogP contribution in [0, 0.1) is 19.8 Å². The molecule has 1 atom stereocenters. The molecular formula is C21H23N5O2. The Morgan fingerprint density at radius 2 is 2.14 bits per heavy atom. The fourth-order valence-electron chi connectivity index (χ4n) is 3.75. The van der Waals surface area contributed by atoms with Gasteiger partial charge in [0, 0.05) is 31.7 Å². The number of nitrogens with zero attached hydrogens (tertiary/aromatic N) is 5. The number of amides is 1. The van der Waals surface area contributed by atoms with E-state index >= 15 is 0 Å². The third-order valence-corrected chi connectivity index (χ3v) is 5.21. The summed E-state index contributed by atoms with van der Waals surface area (Å²) >= 11 is 0. The van der Waals surface area contributed by atoms with E-state index in [2.05, 4.69) is 20.1 Å². The largest absolute Gasteiger partial charge is 0.361 e. The summed E-state index contributed by atoms with van der Waals surface area (Å²) in [6.07, 6.45) is 9.30. The van der Waals surface area contributed by atoms with Crippen molar-refractivity contribution in [3.05, 3.63) is 59.6 Å². The van der Waals surface area contributed by atoms with E-state index in [-0.39, 0.29) is 5.91 Å². The number of hydrogen-bond acceptors (Lipinski definition) is 6. The topological polar surface area (TPSA) is 85.0 Å². The van der Waals surface area contributed by atoms with Gasteiger partial charge in [-0.25, -0.2) is 0 Å². The molecule has 0 bridgehead atoms. The highest BCUT2D eigenvalue weighted by Gasteiger charge is 2.26. The lowest BCUT2D eigenvalue weighted by Gasteiger charge is -2.16. The van der Waals surface area contributed by atoms with E-state index in [0.717, 1.165) is 59.9 Å². The van der Waals surface area contributed by atoms with Crippen LogP contribution in [0.5, 0.6) is 0 Å². The fraction of sp³-hybridized carbons (Fsp3) is 0.381. The van der Waals surface area contributed by atoms with E-state index in [9.17, 15) is 4.79 Å².